The van der Waals surface area contributed by atoms with Crippen molar-refractivity contribution in [3.05, 3.63) is 25.3 Å². The van der Waals surface area contributed by atoms with Gasteiger partial charge in [-0.25, -0.2) is 9.59 Å². The number of ether oxygens (including phenoxy) is 8. The summed E-state index contributed by atoms with van der Waals surface area (Å²) in [6.07, 6.45) is 1.40. The fraction of sp³-hybridized carbons (Fsp3) is 0.667. The Morgan fingerprint density at radius 1 is 0.500 bits per heavy atom. The Kier molecular flexibility index (Phi) is 19.5. The van der Waals surface area contributed by atoms with Crippen LogP contribution < -0.4 is 0 Å². The van der Waals surface area contributed by atoms with Crippen LogP contribution in [0.25, 0.3) is 0 Å². The van der Waals surface area contributed by atoms with E-state index in [-0.39, 0.29) is 39.6 Å². The van der Waals surface area contributed by atoms with Crippen molar-refractivity contribution < 1.29 is 47.5 Å². The number of carbonyl (C=O) groups excluding carboxylic acids is 2. The summed E-state index contributed by atoms with van der Waals surface area (Å²) in [5.41, 5.74) is 0. The molecule has 0 aromatic rings. The second-order valence-corrected chi connectivity index (χ2v) is 4.85. The Balaban J connectivity index is 3.14. The van der Waals surface area contributed by atoms with Crippen LogP contribution in [0, 0.1) is 0 Å². The third kappa shape index (κ3) is 20.2. The molecule has 0 unspecified atom stereocenters. The predicted octanol–water partition coefficient (Wildman–Crippen LogP) is 1.73. The van der Waals surface area contributed by atoms with Gasteiger partial charge in [0.2, 0.25) is 0 Å². The first-order valence-corrected chi connectivity index (χ1v) is 8.82. The van der Waals surface area contributed by atoms with Gasteiger partial charge in [-0.05, 0) is 0 Å². The molecule has 0 aromatic carbocycles. The van der Waals surface area contributed by atoms with E-state index >= 15 is 0 Å². The highest BCUT2D eigenvalue weighted by Gasteiger charge is 2.02. The Bertz CT molecular complexity index is 375. The molecule has 0 aliphatic rings. The van der Waals surface area contributed by atoms with Crippen LogP contribution in [0.15, 0.2) is 25.3 Å². The number of hydrogen-bond acceptors (Lipinski definition) is 10. The molecule has 0 atom stereocenters. The molecule has 0 rings (SSSR count). The molecule has 0 saturated carbocycles. The van der Waals surface area contributed by atoms with Gasteiger partial charge in [-0.2, -0.15) is 0 Å². The average molecular weight is 406 g/mol. The minimum atomic E-state index is -0.751. The van der Waals surface area contributed by atoms with Gasteiger partial charge in [-0.1, -0.05) is 25.3 Å². The zero-order valence-electron chi connectivity index (χ0n) is 16.1. The molecule has 0 aliphatic heterocycles. The number of hydrogen-bond donors (Lipinski definition) is 0. The SMILES string of the molecule is C=CCOC(=O)OCCOCCOCCOCCOCCOC(=O)OCC=C. The van der Waals surface area contributed by atoms with Crippen LogP contribution in [0.5, 0.6) is 0 Å². The van der Waals surface area contributed by atoms with Gasteiger partial charge in [0.05, 0.1) is 52.9 Å². The van der Waals surface area contributed by atoms with E-state index in [2.05, 4.69) is 22.6 Å². The van der Waals surface area contributed by atoms with Crippen LogP contribution in [0.2, 0.25) is 0 Å². The van der Waals surface area contributed by atoms with Crippen LogP contribution in [0.4, 0.5) is 9.59 Å². The summed E-state index contributed by atoms with van der Waals surface area (Å²) in [4.78, 5) is 21.9. The molecule has 0 fully saturated rings. The lowest BCUT2D eigenvalue weighted by Crippen LogP contribution is -2.16. The molecule has 0 spiro atoms. The van der Waals surface area contributed by atoms with E-state index in [4.69, 9.17) is 28.4 Å². The molecule has 0 radical (unpaired) electrons. The summed E-state index contributed by atoms with van der Waals surface area (Å²) in [5, 5.41) is 0. The molecule has 0 heterocycles. The van der Waals surface area contributed by atoms with Crippen LogP contribution in [-0.2, 0) is 37.9 Å². The van der Waals surface area contributed by atoms with Crippen molar-refractivity contribution >= 4 is 12.3 Å². The molecule has 28 heavy (non-hydrogen) atoms. The van der Waals surface area contributed by atoms with Crippen LogP contribution in [-0.4, -0.2) is 91.6 Å². The van der Waals surface area contributed by atoms with Crippen molar-refractivity contribution in [2.24, 2.45) is 0 Å². The highest BCUT2D eigenvalue weighted by Crippen LogP contribution is 1.88. The second-order valence-electron chi connectivity index (χ2n) is 4.85. The second kappa shape index (κ2) is 21.2. The highest BCUT2D eigenvalue weighted by molar-refractivity contribution is 5.60. The Hall–Kier alpha value is -2.14. The van der Waals surface area contributed by atoms with E-state index in [1.807, 2.05) is 0 Å². The minimum Gasteiger partial charge on any atom is -0.432 e. The maximum atomic E-state index is 11.0. The van der Waals surface area contributed by atoms with Gasteiger partial charge in [0, 0.05) is 0 Å². The van der Waals surface area contributed by atoms with E-state index in [0.29, 0.717) is 39.6 Å². The van der Waals surface area contributed by atoms with Crippen molar-refractivity contribution in [3.63, 3.8) is 0 Å². The topological polar surface area (TPSA) is 108 Å². The molecule has 0 amide bonds. The molecule has 10 heteroatoms. The molecule has 0 aliphatic carbocycles. The van der Waals surface area contributed by atoms with Crippen molar-refractivity contribution in [2.75, 3.05) is 79.3 Å². The molecule has 0 aromatic heterocycles. The maximum Gasteiger partial charge on any atom is 0.508 e. The van der Waals surface area contributed by atoms with Gasteiger partial charge in [0.25, 0.3) is 0 Å². The predicted molar refractivity (Wildman–Crippen MR) is 98.3 cm³/mol. The largest absolute Gasteiger partial charge is 0.508 e. The first-order valence-electron chi connectivity index (χ1n) is 8.82. The summed E-state index contributed by atoms with van der Waals surface area (Å²) in [6.45, 7) is 10.2. The van der Waals surface area contributed by atoms with Gasteiger partial charge in [-0.3, -0.25) is 0 Å². The van der Waals surface area contributed by atoms with E-state index in [1.165, 1.54) is 12.2 Å². The molecular weight excluding hydrogens is 376 g/mol. The first-order chi connectivity index (χ1) is 13.7. The first kappa shape index (κ1) is 25.9. The van der Waals surface area contributed by atoms with E-state index in [9.17, 15) is 9.59 Å². The van der Waals surface area contributed by atoms with Crippen molar-refractivity contribution in [1.82, 2.24) is 0 Å². The quantitative estimate of drug-likeness (QED) is 0.179. The summed E-state index contributed by atoms with van der Waals surface area (Å²) in [5.74, 6) is 0. The normalized spacial score (nSPS) is 10.1. The Morgan fingerprint density at radius 3 is 1.07 bits per heavy atom. The molecule has 0 bridgehead atoms. The summed E-state index contributed by atoms with van der Waals surface area (Å²) >= 11 is 0. The lowest BCUT2D eigenvalue weighted by molar-refractivity contribution is -0.0158. The average Bonchev–Trinajstić information content (AvgIpc) is 2.70. The van der Waals surface area contributed by atoms with E-state index in [0.717, 1.165) is 0 Å². The Morgan fingerprint density at radius 2 is 0.786 bits per heavy atom. The van der Waals surface area contributed by atoms with Gasteiger partial charge < -0.3 is 37.9 Å². The molecule has 162 valence electrons. The van der Waals surface area contributed by atoms with E-state index in [1.54, 1.807) is 0 Å². The fourth-order valence-corrected chi connectivity index (χ4v) is 1.47. The van der Waals surface area contributed by atoms with Crippen molar-refractivity contribution in [2.45, 2.75) is 0 Å². The van der Waals surface area contributed by atoms with Crippen LogP contribution >= 0.6 is 0 Å². The van der Waals surface area contributed by atoms with Crippen molar-refractivity contribution in [3.8, 4) is 0 Å². The summed E-state index contributed by atoms with van der Waals surface area (Å²) in [7, 11) is 0. The number of rotatable bonds is 19. The smallest absolute Gasteiger partial charge is 0.432 e. The monoisotopic (exact) mass is 406 g/mol. The highest BCUT2D eigenvalue weighted by atomic mass is 16.7. The standard InChI is InChI=1S/C18H30O10/c1-3-5-25-17(19)27-15-13-23-11-9-21-7-8-22-10-12-24-14-16-28-18(20)26-6-4-2/h3-4H,1-2,5-16H2. The maximum absolute atomic E-state index is 11.0. The molecule has 10 nitrogen and oxygen atoms in total. The lowest BCUT2D eigenvalue weighted by atomic mass is 10.7. The zero-order chi connectivity index (χ0) is 20.7. The lowest BCUT2D eigenvalue weighted by Gasteiger charge is -2.08. The molecular formula is C18H30O10. The van der Waals surface area contributed by atoms with Gasteiger partial charge in [0.1, 0.15) is 26.4 Å². The van der Waals surface area contributed by atoms with Crippen molar-refractivity contribution in [1.29, 1.82) is 0 Å². The van der Waals surface area contributed by atoms with Crippen LogP contribution in [0.1, 0.15) is 0 Å². The summed E-state index contributed by atoms with van der Waals surface area (Å²) < 4.78 is 39.8. The third-order valence-electron chi connectivity index (χ3n) is 2.65. The van der Waals surface area contributed by atoms with Gasteiger partial charge in [-0.15, -0.1) is 0 Å². The zero-order valence-corrected chi connectivity index (χ0v) is 16.1. The molecule has 0 N–H and O–H groups in total. The molecule has 0 saturated heterocycles. The van der Waals surface area contributed by atoms with Crippen LogP contribution in [0.3, 0.4) is 0 Å². The Labute approximate surface area is 165 Å². The number of carbonyl (C=O) groups is 2. The third-order valence-corrected chi connectivity index (χ3v) is 2.65. The minimum absolute atomic E-state index is 0.111. The van der Waals surface area contributed by atoms with Gasteiger partial charge >= 0.3 is 12.3 Å². The summed E-state index contributed by atoms with van der Waals surface area (Å²) in [6, 6.07) is 0. The fourth-order valence-electron chi connectivity index (χ4n) is 1.47. The van der Waals surface area contributed by atoms with E-state index < -0.39 is 12.3 Å². The van der Waals surface area contributed by atoms with Gasteiger partial charge in [0.15, 0.2) is 0 Å².